The average molecular weight is 269 g/mol. The maximum absolute atomic E-state index is 11.8. The Labute approximate surface area is 113 Å². The van der Waals surface area contributed by atoms with E-state index in [0.29, 0.717) is 18.6 Å². The number of rotatable bonds is 2. The van der Waals surface area contributed by atoms with Crippen LogP contribution in [0.1, 0.15) is 5.56 Å². The van der Waals surface area contributed by atoms with Gasteiger partial charge in [-0.05, 0) is 5.56 Å². The molecule has 98 valence electrons. The third kappa shape index (κ3) is 2.60. The molecule has 1 N–H and O–H groups in total. The molecule has 0 radical (unpaired) electrons. The van der Waals surface area contributed by atoms with Gasteiger partial charge in [0.25, 0.3) is 0 Å². The molecule has 1 aromatic rings. The largest absolute Gasteiger partial charge is 0.445 e. The van der Waals surface area contributed by atoms with Crippen LogP contribution in [-0.2, 0) is 11.3 Å². The Morgan fingerprint density at radius 1 is 1.33 bits per heavy atom. The van der Waals surface area contributed by atoms with Gasteiger partial charge in [0.2, 0.25) is 0 Å². The highest BCUT2D eigenvalue weighted by molar-refractivity contribution is 5.85. The molecule has 2 heterocycles. The van der Waals surface area contributed by atoms with Crippen molar-refractivity contribution in [1.82, 2.24) is 10.2 Å². The predicted molar refractivity (Wildman–Crippen MR) is 70.7 cm³/mol. The van der Waals surface area contributed by atoms with Gasteiger partial charge in [-0.3, -0.25) is 0 Å². The summed E-state index contributed by atoms with van der Waals surface area (Å²) in [4.78, 5) is 13.6. The Morgan fingerprint density at radius 3 is 2.67 bits per heavy atom. The van der Waals surface area contributed by atoms with Crippen LogP contribution in [-0.4, -0.2) is 36.7 Å². The molecule has 2 aliphatic rings. The van der Waals surface area contributed by atoms with Crippen LogP contribution in [0.4, 0.5) is 4.79 Å². The van der Waals surface area contributed by atoms with Crippen molar-refractivity contribution in [3.8, 4) is 0 Å². The highest BCUT2D eigenvalue weighted by Gasteiger charge is 2.41. The summed E-state index contributed by atoms with van der Waals surface area (Å²) in [7, 11) is 0. The summed E-state index contributed by atoms with van der Waals surface area (Å²) in [6, 6.07) is 10.3. The zero-order valence-electron chi connectivity index (χ0n) is 10.0. The number of halogens is 1. The number of ether oxygens (including phenoxy) is 1. The second-order valence-electron chi connectivity index (χ2n) is 4.72. The Morgan fingerprint density at radius 2 is 2.11 bits per heavy atom. The second-order valence-corrected chi connectivity index (χ2v) is 4.72. The third-order valence-electron chi connectivity index (χ3n) is 3.55. The first-order valence-electron chi connectivity index (χ1n) is 6.02. The predicted octanol–water partition coefficient (Wildman–Crippen LogP) is 1.65. The molecule has 18 heavy (non-hydrogen) atoms. The molecule has 0 aliphatic carbocycles. The van der Waals surface area contributed by atoms with Crippen LogP contribution in [0.15, 0.2) is 30.3 Å². The number of carbonyl (C=O) groups excluding carboxylic acids is 1. The van der Waals surface area contributed by atoms with E-state index in [1.165, 1.54) is 0 Å². The van der Waals surface area contributed by atoms with Crippen molar-refractivity contribution in [3.63, 3.8) is 0 Å². The molecule has 2 saturated heterocycles. The second kappa shape index (κ2) is 5.59. The molecule has 2 atom stereocenters. The Hall–Kier alpha value is -1.26. The minimum absolute atomic E-state index is 0. The highest BCUT2D eigenvalue weighted by atomic mass is 35.5. The molecular weight excluding hydrogens is 252 g/mol. The molecule has 3 rings (SSSR count). The summed E-state index contributed by atoms with van der Waals surface area (Å²) in [5, 5.41) is 3.32. The zero-order valence-corrected chi connectivity index (χ0v) is 10.9. The van der Waals surface area contributed by atoms with Crippen molar-refractivity contribution in [2.24, 2.45) is 5.92 Å². The minimum Gasteiger partial charge on any atom is -0.445 e. The summed E-state index contributed by atoms with van der Waals surface area (Å²) in [5.41, 5.74) is 1.03. The molecule has 1 amide bonds. The van der Waals surface area contributed by atoms with Gasteiger partial charge in [0.1, 0.15) is 6.61 Å². The quantitative estimate of drug-likeness (QED) is 0.887. The lowest BCUT2D eigenvalue weighted by Crippen LogP contribution is -2.51. The maximum Gasteiger partial charge on any atom is 0.410 e. The van der Waals surface area contributed by atoms with E-state index < -0.39 is 0 Å². The molecule has 2 aliphatic heterocycles. The lowest BCUT2D eigenvalue weighted by molar-refractivity contribution is 0.103. The average Bonchev–Trinajstić information content (AvgIpc) is 2.64. The topological polar surface area (TPSA) is 41.6 Å². The summed E-state index contributed by atoms with van der Waals surface area (Å²) in [6.07, 6.45) is -0.190. The van der Waals surface area contributed by atoms with Gasteiger partial charge in [-0.15, -0.1) is 12.4 Å². The minimum atomic E-state index is -0.190. The number of nitrogens with one attached hydrogen (secondary N) is 1. The van der Waals surface area contributed by atoms with E-state index in [1.807, 2.05) is 30.3 Å². The number of fused-ring (bicyclic) bond motifs is 1. The summed E-state index contributed by atoms with van der Waals surface area (Å²) >= 11 is 0. The van der Waals surface area contributed by atoms with E-state index in [9.17, 15) is 4.79 Å². The first kappa shape index (κ1) is 13.2. The van der Waals surface area contributed by atoms with Crippen LogP contribution >= 0.6 is 12.4 Å². The molecule has 5 heteroatoms. The molecule has 0 spiro atoms. The standard InChI is InChI=1S/C13H16N2O2.ClH/c16-13(15-7-11-6-14-12(11)8-15)17-9-10-4-2-1-3-5-10;/h1-5,11-12,14H,6-9H2;1H. The van der Waals surface area contributed by atoms with Crippen molar-refractivity contribution in [2.75, 3.05) is 19.6 Å². The summed E-state index contributed by atoms with van der Waals surface area (Å²) in [6.45, 7) is 3.02. The number of likely N-dealkylation sites (tertiary alicyclic amines) is 1. The van der Waals surface area contributed by atoms with Crippen LogP contribution in [0.3, 0.4) is 0 Å². The number of carbonyl (C=O) groups is 1. The van der Waals surface area contributed by atoms with Crippen LogP contribution in [0.5, 0.6) is 0 Å². The van der Waals surface area contributed by atoms with E-state index in [0.717, 1.165) is 25.2 Å². The Bertz CT molecular complexity index is 401. The van der Waals surface area contributed by atoms with Gasteiger partial charge in [-0.2, -0.15) is 0 Å². The number of benzene rings is 1. The first-order valence-corrected chi connectivity index (χ1v) is 6.02. The van der Waals surface area contributed by atoms with Gasteiger partial charge in [0.05, 0.1) is 0 Å². The van der Waals surface area contributed by atoms with Gasteiger partial charge in [-0.1, -0.05) is 30.3 Å². The van der Waals surface area contributed by atoms with Crippen molar-refractivity contribution in [3.05, 3.63) is 35.9 Å². The Kier molecular flexibility index (Phi) is 4.09. The third-order valence-corrected chi connectivity index (χ3v) is 3.55. The Balaban J connectivity index is 0.00000120. The van der Waals surface area contributed by atoms with Gasteiger partial charge < -0.3 is 15.0 Å². The molecule has 1 aromatic carbocycles. The SMILES string of the molecule is Cl.O=C(OCc1ccccc1)N1CC2CNC2C1. The van der Waals surface area contributed by atoms with Gasteiger partial charge >= 0.3 is 6.09 Å². The zero-order chi connectivity index (χ0) is 11.7. The molecule has 0 aromatic heterocycles. The molecule has 4 nitrogen and oxygen atoms in total. The maximum atomic E-state index is 11.8. The van der Waals surface area contributed by atoms with Crippen LogP contribution in [0.25, 0.3) is 0 Å². The highest BCUT2D eigenvalue weighted by Crippen LogP contribution is 2.23. The van der Waals surface area contributed by atoms with E-state index in [-0.39, 0.29) is 18.5 Å². The number of amides is 1. The first-order chi connectivity index (χ1) is 8.33. The number of nitrogens with zero attached hydrogens (tertiary/aromatic N) is 1. The van der Waals surface area contributed by atoms with E-state index in [1.54, 1.807) is 4.90 Å². The molecule has 2 fully saturated rings. The fraction of sp³-hybridized carbons (Fsp3) is 0.462. The van der Waals surface area contributed by atoms with Gasteiger partial charge in [0.15, 0.2) is 0 Å². The summed E-state index contributed by atoms with van der Waals surface area (Å²) in [5.74, 6) is 0.638. The van der Waals surface area contributed by atoms with Crippen molar-refractivity contribution in [2.45, 2.75) is 12.6 Å². The van der Waals surface area contributed by atoms with Crippen molar-refractivity contribution in [1.29, 1.82) is 0 Å². The fourth-order valence-electron chi connectivity index (χ4n) is 2.41. The molecule has 2 unspecified atom stereocenters. The van der Waals surface area contributed by atoms with Crippen LogP contribution in [0.2, 0.25) is 0 Å². The molecule has 0 bridgehead atoms. The number of hydrogen-bond donors (Lipinski definition) is 1. The van der Waals surface area contributed by atoms with E-state index in [2.05, 4.69) is 5.32 Å². The lowest BCUT2D eigenvalue weighted by atomic mass is 9.96. The fourth-order valence-corrected chi connectivity index (χ4v) is 2.41. The van der Waals surface area contributed by atoms with Gasteiger partial charge in [0, 0.05) is 31.6 Å². The molecular formula is C13H17ClN2O2. The van der Waals surface area contributed by atoms with Crippen molar-refractivity contribution < 1.29 is 9.53 Å². The van der Waals surface area contributed by atoms with E-state index >= 15 is 0 Å². The summed E-state index contributed by atoms with van der Waals surface area (Å²) < 4.78 is 5.30. The van der Waals surface area contributed by atoms with Crippen molar-refractivity contribution >= 4 is 18.5 Å². The van der Waals surface area contributed by atoms with Gasteiger partial charge in [-0.25, -0.2) is 4.79 Å². The smallest absolute Gasteiger partial charge is 0.410 e. The number of hydrogen-bond acceptors (Lipinski definition) is 3. The van der Waals surface area contributed by atoms with Crippen LogP contribution < -0.4 is 5.32 Å². The van der Waals surface area contributed by atoms with E-state index in [4.69, 9.17) is 4.74 Å². The normalized spacial score (nSPS) is 24.8. The lowest BCUT2D eigenvalue weighted by Gasteiger charge is -2.29. The monoisotopic (exact) mass is 268 g/mol. The molecule has 0 saturated carbocycles. The van der Waals surface area contributed by atoms with Crippen LogP contribution in [0, 0.1) is 5.92 Å².